The second-order valence-corrected chi connectivity index (χ2v) is 11.3. The van der Waals surface area contributed by atoms with E-state index in [0.29, 0.717) is 37.6 Å². The Morgan fingerprint density at radius 2 is 1.95 bits per heavy atom. The van der Waals surface area contributed by atoms with Gasteiger partial charge in [-0.05, 0) is 86.0 Å². The third-order valence-electron chi connectivity index (χ3n) is 7.54. The number of ether oxygens (including phenoxy) is 3. The number of fused-ring (bicyclic) bond motifs is 1. The van der Waals surface area contributed by atoms with Gasteiger partial charge in [0.1, 0.15) is 24.7 Å². The molecule has 0 aliphatic carbocycles. The van der Waals surface area contributed by atoms with Crippen molar-refractivity contribution in [1.29, 1.82) is 0 Å². The molecule has 8 heteroatoms. The zero-order valence-electron chi connectivity index (χ0n) is 22.9. The molecule has 2 amide bonds. The van der Waals surface area contributed by atoms with E-state index in [2.05, 4.69) is 24.4 Å². The lowest BCUT2D eigenvalue weighted by Crippen LogP contribution is -2.49. The molecule has 0 unspecified atom stereocenters. The largest absolute Gasteiger partial charge is 0.497 e. The molecule has 39 heavy (non-hydrogen) atoms. The molecule has 0 spiro atoms. The highest BCUT2D eigenvalue weighted by atomic mass is 32.1. The van der Waals surface area contributed by atoms with Gasteiger partial charge in [0.15, 0.2) is 0 Å². The van der Waals surface area contributed by atoms with Crippen LogP contribution in [0, 0.1) is 13.8 Å². The summed E-state index contributed by atoms with van der Waals surface area (Å²) in [5, 5.41) is 2.08. The van der Waals surface area contributed by atoms with Crippen molar-refractivity contribution in [3.8, 4) is 11.5 Å². The van der Waals surface area contributed by atoms with Crippen LogP contribution in [0.2, 0.25) is 0 Å². The van der Waals surface area contributed by atoms with Crippen LogP contribution >= 0.6 is 11.3 Å². The predicted molar refractivity (Wildman–Crippen MR) is 152 cm³/mol. The monoisotopic (exact) mass is 548 g/mol. The van der Waals surface area contributed by atoms with Crippen LogP contribution < -0.4 is 9.47 Å². The van der Waals surface area contributed by atoms with E-state index in [1.807, 2.05) is 24.0 Å². The molecular weight excluding hydrogens is 512 g/mol. The van der Waals surface area contributed by atoms with Crippen LogP contribution in [0.1, 0.15) is 50.8 Å². The third kappa shape index (κ3) is 6.28. The van der Waals surface area contributed by atoms with Crippen molar-refractivity contribution in [1.82, 2.24) is 9.80 Å². The quantitative estimate of drug-likeness (QED) is 0.368. The molecule has 206 valence electrons. The summed E-state index contributed by atoms with van der Waals surface area (Å²) in [6.45, 7) is 6.12. The molecule has 0 bridgehead atoms. The minimum Gasteiger partial charge on any atom is -0.497 e. The summed E-state index contributed by atoms with van der Waals surface area (Å²) in [6.07, 6.45) is 2.59. The first-order chi connectivity index (χ1) is 18.9. The predicted octanol–water partition coefficient (Wildman–Crippen LogP) is 5.20. The maximum Gasteiger partial charge on any atom is 0.254 e. The summed E-state index contributed by atoms with van der Waals surface area (Å²) in [5.74, 6) is 1.24. The summed E-state index contributed by atoms with van der Waals surface area (Å²) in [4.78, 5) is 32.3. The van der Waals surface area contributed by atoms with Crippen molar-refractivity contribution in [3.63, 3.8) is 0 Å². The molecule has 5 rings (SSSR count). The molecule has 1 fully saturated rings. The Labute approximate surface area is 234 Å². The second kappa shape index (κ2) is 12.2. The lowest BCUT2D eigenvalue weighted by Gasteiger charge is -2.37. The fraction of sp³-hybridized carbons (Fsp3) is 0.419. The zero-order valence-corrected chi connectivity index (χ0v) is 23.7. The second-order valence-electron chi connectivity index (χ2n) is 10.3. The van der Waals surface area contributed by atoms with Crippen LogP contribution in [-0.2, 0) is 16.0 Å². The highest BCUT2D eigenvalue weighted by Gasteiger charge is 2.34. The fourth-order valence-electron chi connectivity index (χ4n) is 5.43. The molecule has 1 saturated heterocycles. The number of carbonyl (C=O) groups excluding carboxylic acids is 2. The molecule has 0 radical (unpaired) electrons. The summed E-state index contributed by atoms with van der Waals surface area (Å²) in [7, 11) is 1.59. The minimum absolute atomic E-state index is 0.00967. The Morgan fingerprint density at radius 3 is 2.67 bits per heavy atom. The molecular formula is C31H36N2O5S. The van der Waals surface area contributed by atoms with Crippen LogP contribution in [0.3, 0.4) is 0 Å². The lowest BCUT2D eigenvalue weighted by atomic mass is 10.00. The van der Waals surface area contributed by atoms with Gasteiger partial charge in [0.2, 0.25) is 5.91 Å². The molecule has 0 N–H and O–H groups in total. The van der Waals surface area contributed by atoms with Crippen molar-refractivity contribution < 1.29 is 23.8 Å². The van der Waals surface area contributed by atoms with Crippen molar-refractivity contribution in [2.45, 2.75) is 45.3 Å². The van der Waals surface area contributed by atoms with Crippen LogP contribution in [0.5, 0.6) is 11.5 Å². The van der Waals surface area contributed by atoms with Gasteiger partial charge in [-0.2, -0.15) is 0 Å². The number of benzene rings is 2. The standard InChI is InChI=1S/C31H36N2O5S/c1-21-6-11-28(22(2)17-21)38-20-27-26-13-16-39-29(26)12-14-33(27)30(34)19-32(18-25-5-4-15-37-25)31(35)23-7-9-24(36-3)10-8-23/h6-11,13,16-17,25,27H,4-5,12,14-15,18-20H2,1-3H3/t25-,27-/m0/s1. The van der Waals surface area contributed by atoms with Crippen LogP contribution in [0.15, 0.2) is 53.9 Å². The number of hydrogen-bond acceptors (Lipinski definition) is 6. The van der Waals surface area contributed by atoms with Gasteiger partial charge in [-0.1, -0.05) is 17.7 Å². The fourth-order valence-corrected chi connectivity index (χ4v) is 6.36. The van der Waals surface area contributed by atoms with Gasteiger partial charge in [-0.15, -0.1) is 11.3 Å². The molecule has 2 aliphatic heterocycles. The maximum atomic E-state index is 13.9. The topological polar surface area (TPSA) is 68.3 Å². The van der Waals surface area contributed by atoms with Gasteiger partial charge in [-0.25, -0.2) is 0 Å². The molecule has 2 aliphatic rings. The SMILES string of the molecule is COc1ccc(C(=O)N(CC(=O)N2CCc3sccc3[C@@H]2COc2ccc(C)cc2C)C[C@@H]2CCCO2)cc1. The van der Waals surface area contributed by atoms with Crippen molar-refractivity contribution in [2.75, 3.05) is 40.0 Å². The van der Waals surface area contributed by atoms with E-state index in [-0.39, 0.29) is 30.5 Å². The number of nitrogens with zero attached hydrogens (tertiary/aromatic N) is 2. The Kier molecular flexibility index (Phi) is 8.53. The van der Waals surface area contributed by atoms with Gasteiger partial charge in [-0.3, -0.25) is 9.59 Å². The Morgan fingerprint density at radius 1 is 1.13 bits per heavy atom. The highest BCUT2D eigenvalue weighted by Crippen LogP contribution is 2.34. The molecule has 3 heterocycles. The van der Waals surface area contributed by atoms with Crippen LogP contribution in [0.4, 0.5) is 0 Å². The van der Waals surface area contributed by atoms with E-state index < -0.39 is 0 Å². The number of rotatable bonds is 9. The van der Waals surface area contributed by atoms with Gasteiger partial charge in [0, 0.05) is 30.1 Å². The van der Waals surface area contributed by atoms with E-state index in [9.17, 15) is 9.59 Å². The minimum atomic E-state index is -0.214. The van der Waals surface area contributed by atoms with Crippen LogP contribution in [0.25, 0.3) is 0 Å². The van der Waals surface area contributed by atoms with Crippen molar-refractivity contribution in [3.05, 3.63) is 81.0 Å². The first-order valence-corrected chi connectivity index (χ1v) is 14.4. The van der Waals surface area contributed by atoms with Crippen LogP contribution in [-0.4, -0.2) is 67.7 Å². The van der Waals surface area contributed by atoms with Crippen molar-refractivity contribution in [2.24, 2.45) is 0 Å². The third-order valence-corrected chi connectivity index (χ3v) is 8.54. The number of thiophene rings is 1. The summed E-state index contributed by atoms with van der Waals surface area (Å²) < 4.78 is 17.4. The normalized spacial score (nSPS) is 18.5. The summed E-state index contributed by atoms with van der Waals surface area (Å²) in [5.41, 5.74) is 3.91. The van der Waals surface area contributed by atoms with E-state index in [1.54, 1.807) is 47.6 Å². The maximum absolute atomic E-state index is 13.9. The summed E-state index contributed by atoms with van der Waals surface area (Å²) >= 11 is 1.73. The van der Waals surface area contributed by atoms with E-state index >= 15 is 0 Å². The number of carbonyl (C=O) groups is 2. The molecule has 2 aromatic carbocycles. The number of hydrogen-bond donors (Lipinski definition) is 0. The number of methoxy groups -OCH3 is 1. The average molecular weight is 549 g/mol. The first kappa shape index (κ1) is 27.2. The van der Waals surface area contributed by atoms with Crippen molar-refractivity contribution >= 4 is 23.2 Å². The lowest BCUT2D eigenvalue weighted by molar-refractivity contribution is -0.135. The Hall–Kier alpha value is -3.36. The number of amides is 2. The van der Waals surface area contributed by atoms with Gasteiger partial charge in [0.05, 0.1) is 19.3 Å². The van der Waals surface area contributed by atoms with E-state index in [1.165, 1.54) is 10.4 Å². The molecule has 0 saturated carbocycles. The molecule has 3 aromatic rings. The highest BCUT2D eigenvalue weighted by molar-refractivity contribution is 7.10. The molecule has 1 aromatic heterocycles. The van der Waals surface area contributed by atoms with Gasteiger partial charge >= 0.3 is 0 Å². The average Bonchev–Trinajstić information content (AvgIpc) is 3.64. The molecule has 7 nitrogen and oxygen atoms in total. The number of aryl methyl sites for hydroxylation is 2. The first-order valence-electron chi connectivity index (χ1n) is 13.5. The zero-order chi connectivity index (χ0) is 27.4. The van der Waals surface area contributed by atoms with Gasteiger partial charge < -0.3 is 24.0 Å². The Bertz CT molecular complexity index is 1300. The Balaban J connectivity index is 1.35. The van der Waals surface area contributed by atoms with E-state index in [4.69, 9.17) is 14.2 Å². The van der Waals surface area contributed by atoms with E-state index in [0.717, 1.165) is 36.1 Å². The van der Waals surface area contributed by atoms with Gasteiger partial charge in [0.25, 0.3) is 5.91 Å². The molecule has 2 atom stereocenters. The summed E-state index contributed by atoms with van der Waals surface area (Å²) in [6, 6.07) is 15.0. The smallest absolute Gasteiger partial charge is 0.254 e.